The number of rotatable bonds is 2. The molecule has 0 saturated carbocycles. The van der Waals surface area contributed by atoms with Gasteiger partial charge in [-0.3, -0.25) is 10.1 Å². The van der Waals surface area contributed by atoms with Crippen molar-refractivity contribution < 1.29 is 4.74 Å². The topological polar surface area (TPSA) is 80.2 Å². The third-order valence-corrected chi connectivity index (χ3v) is 2.98. The van der Waals surface area contributed by atoms with Crippen LogP contribution in [0.1, 0.15) is 17.7 Å². The Balaban J connectivity index is 2.38. The fourth-order valence-electron chi connectivity index (χ4n) is 2.28. The number of nitrogens with one attached hydrogen (secondary N) is 1. The van der Waals surface area contributed by atoms with E-state index >= 15 is 0 Å². The third kappa shape index (κ3) is 2.26. The summed E-state index contributed by atoms with van der Waals surface area (Å²) >= 11 is 0. The summed E-state index contributed by atoms with van der Waals surface area (Å²) in [6, 6.07) is 0. The SMILES string of the molecule is Cc1nn(C)c(N2CCCOCC2)c1C(=N)N. The van der Waals surface area contributed by atoms with Gasteiger partial charge in [0.25, 0.3) is 0 Å². The minimum absolute atomic E-state index is 0.0794. The maximum absolute atomic E-state index is 7.67. The summed E-state index contributed by atoms with van der Waals surface area (Å²) in [5.41, 5.74) is 7.20. The molecule has 94 valence electrons. The molecule has 2 rings (SSSR count). The number of aromatic nitrogens is 2. The first kappa shape index (κ1) is 11.9. The van der Waals surface area contributed by atoms with Gasteiger partial charge in [0.1, 0.15) is 11.7 Å². The third-order valence-electron chi connectivity index (χ3n) is 2.98. The fourth-order valence-corrected chi connectivity index (χ4v) is 2.28. The Morgan fingerprint density at radius 1 is 1.41 bits per heavy atom. The van der Waals surface area contributed by atoms with Crippen molar-refractivity contribution in [2.24, 2.45) is 12.8 Å². The summed E-state index contributed by atoms with van der Waals surface area (Å²) in [6.45, 7) is 5.12. The largest absolute Gasteiger partial charge is 0.384 e. The van der Waals surface area contributed by atoms with Crippen molar-refractivity contribution >= 4 is 11.7 Å². The second-order valence-electron chi connectivity index (χ2n) is 4.27. The Labute approximate surface area is 101 Å². The molecular weight excluding hydrogens is 218 g/mol. The predicted octanol–water partition coefficient (Wildman–Crippen LogP) is 0.239. The van der Waals surface area contributed by atoms with E-state index in [-0.39, 0.29) is 5.84 Å². The summed E-state index contributed by atoms with van der Waals surface area (Å²) in [5, 5.41) is 12.0. The maximum atomic E-state index is 7.67. The Morgan fingerprint density at radius 3 is 2.88 bits per heavy atom. The van der Waals surface area contributed by atoms with Crippen LogP contribution in [0, 0.1) is 12.3 Å². The lowest BCUT2D eigenvalue weighted by molar-refractivity contribution is 0.152. The van der Waals surface area contributed by atoms with Crippen molar-refractivity contribution in [2.75, 3.05) is 31.2 Å². The van der Waals surface area contributed by atoms with Crippen molar-refractivity contribution in [1.82, 2.24) is 9.78 Å². The molecule has 0 amide bonds. The summed E-state index contributed by atoms with van der Waals surface area (Å²) in [6.07, 6.45) is 0.988. The van der Waals surface area contributed by atoms with E-state index in [1.807, 2.05) is 14.0 Å². The summed E-state index contributed by atoms with van der Waals surface area (Å²) in [4.78, 5) is 2.20. The van der Waals surface area contributed by atoms with Crippen LogP contribution in [0.2, 0.25) is 0 Å². The van der Waals surface area contributed by atoms with E-state index in [2.05, 4.69) is 10.00 Å². The van der Waals surface area contributed by atoms with Gasteiger partial charge in [0.15, 0.2) is 0 Å². The molecule has 0 aliphatic carbocycles. The predicted molar refractivity (Wildman–Crippen MR) is 66.6 cm³/mol. The number of hydrogen-bond acceptors (Lipinski definition) is 4. The van der Waals surface area contributed by atoms with Gasteiger partial charge >= 0.3 is 0 Å². The second-order valence-corrected chi connectivity index (χ2v) is 4.27. The number of nitrogen functional groups attached to an aromatic ring is 1. The minimum Gasteiger partial charge on any atom is -0.384 e. The summed E-state index contributed by atoms with van der Waals surface area (Å²) in [5.74, 6) is 1.01. The molecule has 0 atom stereocenters. The van der Waals surface area contributed by atoms with Crippen molar-refractivity contribution in [1.29, 1.82) is 5.41 Å². The molecule has 3 N–H and O–H groups in total. The van der Waals surface area contributed by atoms with Gasteiger partial charge in [0.05, 0.1) is 17.9 Å². The van der Waals surface area contributed by atoms with Crippen molar-refractivity contribution in [2.45, 2.75) is 13.3 Å². The number of aryl methyl sites for hydroxylation is 2. The molecule has 1 aliphatic heterocycles. The zero-order valence-electron chi connectivity index (χ0n) is 10.4. The number of nitrogens with two attached hydrogens (primary N) is 1. The standard InChI is InChI=1S/C11H19N5O/c1-8-9(10(12)13)11(15(2)14-8)16-4-3-6-17-7-5-16/h3-7H2,1-2H3,(H3,12,13). The highest BCUT2D eigenvalue weighted by Gasteiger charge is 2.22. The van der Waals surface area contributed by atoms with Crippen LogP contribution in [0.4, 0.5) is 5.82 Å². The molecule has 0 unspecified atom stereocenters. The Kier molecular flexibility index (Phi) is 3.33. The highest BCUT2D eigenvalue weighted by atomic mass is 16.5. The Bertz CT molecular complexity index is 418. The van der Waals surface area contributed by atoms with Crippen molar-refractivity contribution in [3.63, 3.8) is 0 Å². The quantitative estimate of drug-likeness (QED) is 0.570. The fraction of sp³-hybridized carbons (Fsp3) is 0.636. The van der Waals surface area contributed by atoms with Crippen molar-refractivity contribution in [3.05, 3.63) is 11.3 Å². The number of amidine groups is 1. The van der Waals surface area contributed by atoms with Crippen LogP contribution in [0.5, 0.6) is 0 Å². The molecule has 0 bridgehead atoms. The van der Waals surface area contributed by atoms with Crippen LogP contribution in [0.15, 0.2) is 0 Å². The van der Waals surface area contributed by atoms with Gasteiger partial charge in [-0.05, 0) is 13.3 Å². The van der Waals surface area contributed by atoms with Crippen LogP contribution in [0.3, 0.4) is 0 Å². The van der Waals surface area contributed by atoms with Gasteiger partial charge in [-0.15, -0.1) is 0 Å². The first-order valence-corrected chi connectivity index (χ1v) is 5.82. The average molecular weight is 237 g/mol. The molecule has 6 heteroatoms. The van der Waals surface area contributed by atoms with E-state index in [1.165, 1.54) is 0 Å². The molecule has 1 aliphatic rings. The smallest absolute Gasteiger partial charge is 0.137 e. The first-order chi connectivity index (χ1) is 8.11. The number of ether oxygens (including phenoxy) is 1. The Hall–Kier alpha value is -1.56. The lowest BCUT2D eigenvalue weighted by Gasteiger charge is -2.23. The van der Waals surface area contributed by atoms with Crippen LogP contribution in [0.25, 0.3) is 0 Å². The molecule has 17 heavy (non-hydrogen) atoms. The van der Waals surface area contributed by atoms with E-state index in [1.54, 1.807) is 4.68 Å². The highest BCUT2D eigenvalue weighted by molar-refractivity contribution is 6.00. The zero-order valence-corrected chi connectivity index (χ0v) is 10.4. The summed E-state index contributed by atoms with van der Waals surface area (Å²) in [7, 11) is 1.89. The molecule has 1 fully saturated rings. The van der Waals surface area contributed by atoms with Gasteiger partial charge in [0, 0.05) is 26.7 Å². The van der Waals surface area contributed by atoms with Crippen LogP contribution in [-0.4, -0.2) is 41.9 Å². The molecular formula is C11H19N5O. The number of anilines is 1. The highest BCUT2D eigenvalue weighted by Crippen LogP contribution is 2.23. The van der Waals surface area contributed by atoms with Gasteiger partial charge in [-0.2, -0.15) is 5.10 Å². The summed E-state index contributed by atoms with van der Waals surface area (Å²) < 4.78 is 7.24. The van der Waals surface area contributed by atoms with Gasteiger partial charge in [-0.25, -0.2) is 0 Å². The van der Waals surface area contributed by atoms with E-state index in [9.17, 15) is 0 Å². The average Bonchev–Trinajstić information content (AvgIpc) is 2.47. The van der Waals surface area contributed by atoms with Gasteiger partial charge in [-0.1, -0.05) is 0 Å². The van der Waals surface area contributed by atoms with Crippen LogP contribution < -0.4 is 10.6 Å². The molecule has 1 aromatic rings. The molecule has 0 radical (unpaired) electrons. The normalized spacial score (nSPS) is 16.9. The monoisotopic (exact) mass is 237 g/mol. The zero-order chi connectivity index (χ0) is 12.4. The Morgan fingerprint density at radius 2 is 2.18 bits per heavy atom. The molecule has 1 saturated heterocycles. The minimum atomic E-state index is 0.0794. The number of hydrogen-bond donors (Lipinski definition) is 2. The van der Waals surface area contributed by atoms with Gasteiger partial charge in [0.2, 0.25) is 0 Å². The lowest BCUT2D eigenvalue weighted by Crippen LogP contribution is -2.30. The van der Waals surface area contributed by atoms with Crippen LogP contribution >= 0.6 is 0 Å². The molecule has 0 aromatic carbocycles. The molecule has 2 heterocycles. The van der Waals surface area contributed by atoms with Gasteiger partial charge < -0.3 is 15.4 Å². The van der Waals surface area contributed by atoms with Crippen molar-refractivity contribution in [3.8, 4) is 0 Å². The number of nitrogens with zero attached hydrogens (tertiary/aromatic N) is 3. The van der Waals surface area contributed by atoms with E-state index in [0.29, 0.717) is 6.61 Å². The maximum Gasteiger partial charge on any atom is 0.137 e. The van der Waals surface area contributed by atoms with E-state index in [0.717, 1.165) is 43.2 Å². The van der Waals surface area contributed by atoms with E-state index < -0.39 is 0 Å². The van der Waals surface area contributed by atoms with Crippen LogP contribution in [-0.2, 0) is 11.8 Å². The lowest BCUT2D eigenvalue weighted by atomic mass is 10.2. The molecule has 6 nitrogen and oxygen atoms in total. The second kappa shape index (κ2) is 4.75. The van der Waals surface area contributed by atoms with E-state index in [4.69, 9.17) is 15.9 Å². The molecule has 0 spiro atoms. The first-order valence-electron chi connectivity index (χ1n) is 5.82. The molecule has 1 aromatic heterocycles.